The summed E-state index contributed by atoms with van der Waals surface area (Å²) >= 11 is 0. The Bertz CT molecular complexity index is 548. The minimum Gasteiger partial charge on any atom is -0.461 e. The normalized spacial score (nSPS) is 10.6. The van der Waals surface area contributed by atoms with Crippen molar-refractivity contribution in [2.75, 3.05) is 12.4 Å². The average molecular weight is 222 g/mol. The van der Waals surface area contributed by atoms with Gasteiger partial charge in [0.25, 0.3) is 0 Å². The molecule has 0 saturated carbocycles. The summed E-state index contributed by atoms with van der Waals surface area (Å²) < 4.78 is 19.0. The van der Waals surface area contributed by atoms with Gasteiger partial charge in [-0.15, -0.1) is 0 Å². The Balaban J connectivity index is 2.55. The molecule has 0 aliphatic heterocycles. The Morgan fingerprint density at radius 2 is 2.25 bits per heavy atom. The summed E-state index contributed by atoms with van der Waals surface area (Å²) in [5.74, 6) is 4.83. The van der Waals surface area contributed by atoms with Crippen molar-refractivity contribution in [3.05, 3.63) is 35.8 Å². The molecule has 1 aromatic heterocycles. The summed E-state index contributed by atoms with van der Waals surface area (Å²) in [4.78, 5) is 11.5. The summed E-state index contributed by atoms with van der Waals surface area (Å²) in [6.45, 7) is 1.98. The SMILES string of the molecule is CCOC(=O)c1cc2cc(F)ccc2n1N. The number of carbonyl (C=O) groups is 1. The number of nitrogens with zero attached hydrogens (tertiary/aromatic N) is 1. The van der Waals surface area contributed by atoms with Gasteiger partial charge in [0, 0.05) is 5.39 Å². The number of fused-ring (bicyclic) bond motifs is 1. The van der Waals surface area contributed by atoms with Crippen molar-refractivity contribution >= 4 is 16.9 Å². The van der Waals surface area contributed by atoms with Gasteiger partial charge in [-0.3, -0.25) is 4.68 Å². The largest absolute Gasteiger partial charge is 0.461 e. The van der Waals surface area contributed by atoms with E-state index in [1.807, 2.05) is 0 Å². The maximum absolute atomic E-state index is 13.0. The highest BCUT2D eigenvalue weighted by Crippen LogP contribution is 2.19. The predicted octanol–water partition coefficient (Wildman–Crippen LogP) is 1.67. The van der Waals surface area contributed by atoms with E-state index in [1.165, 1.54) is 28.9 Å². The van der Waals surface area contributed by atoms with Crippen molar-refractivity contribution in [2.45, 2.75) is 6.92 Å². The minimum atomic E-state index is -0.512. The first-order valence-corrected chi connectivity index (χ1v) is 4.86. The fourth-order valence-corrected chi connectivity index (χ4v) is 1.57. The number of nitrogens with two attached hydrogens (primary N) is 1. The summed E-state index contributed by atoms with van der Waals surface area (Å²) in [7, 11) is 0. The Morgan fingerprint density at radius 1 is 1.50 bits per heavy atom. The molecule has 0 amide bonds. The molecule has 2 rings (SSSR count). The van der Waals surface area contributed by atoms with E-state index < -0.39 is 5.97 Å². The number of benzene rings is 1. The zero-order chi connectivity index (χ0) is 11.7. The van der Waals surface area contributed by atoms with E-state index in [0.717, 1.165) is 0 Å². The highest BCUT2D eigenvalue weighted by atomic mass is 19.1. The third-order valence-electron chi connectivity index (χ3n) is 2.29. The van der Waals surface area contributed by atoms with Gasteiger partial charge in [-0.1, -0.05) is 0 Å². The lowest BCUT2D eigenvalue weighted by Gasteiger charge is -2.02. The van der Waals surface area contributed by atoms with Gasteiger partial charge in [0.1, 0.15) is 11.5 Å². The maximum atomic E-state index is 13.0. The van der Waals surface area contributed by atoms with Crippen molar-refractivity contribution < 1.29 is 13.9 Å². The molecule has 0 saturated heterocycles. The zero-order valence-electron chi connectivity index (χ0n) is 8.74. The molecule has 1 heterocycles. The smallest absolute Gasteiger partial charge is 0.356 e. The molecule has 4 nitrogen and oxygen atoms in total. The van der Waals surface area contributed by atoms with Crippen molar-refractivity contribution in [3.8, 4) is 0 Å². The van der Waals surface area contributed by atoms with E-state index in [1.54, 1.807) is 6.92 Å². The standard InChI is InChI=1S/C11H11FN2O2/c1-2-16-11(15)10-6-7-5-8(12)3-4-9(7)14(10)13/h3-6H,2,13H2,1H3. The van der Waals surface area contributed by atoms with Gasteiger partial charge >= 0.3 is 5.97 Å². The van der Waals surface area contributed by atoms with Crippen LogP contribution in [0, 0.1) is 5.82 Å². The van der Waals surface area contributed by atoms with Crippen molar-refractivity contribution in [1.29, 1.82) is 0 Å². The Morgan fingerprint density at radius 3 is 2.94 bits per heavy atom. The third-order valence-corrected chi connectivity index (χ3v) is 2.29. The number of hydrogen-bond acceptors (Lipinski definition) is 3. The van der Waals surface area contributed by atoms with Crippen LogP contribution in [0.4, 0.5) is 4.39 Å². The van der Waals surface area contributed by atoms with Crippen LogP contribution in [0.15, 0.2) is 24.3 Å². The summed E-state index contributed by atoms with van der Waals surface area (Å²) in [6, 6.07) is 5.64. The van der Waals surface area contributed by atoms with Gasteiger partial charge in [0.15, 0.2) is 0 Å². The number of rotatable bonds is 2. The molecule has 0 aliphatic carbocycles. The lowest BCUT2D eigenvalue weighted by atomic mass is 10.2. The van der Waals surface area contributed by atoms with Crippen LogP contribution >= 0.6 is 0 Å². The summed E-state index contributed by atoms with van der Waals surface area (Å²) in [6.07, 6.45) is 0. The van der Waals surface area contributed by atoms with Crippen LogP contribution in [0.5, 0.6) is 0 Å². The first kappa shape index (κ1) is 10.5. The molecule has 0 spiro atoms. The zero-order valence-corrected chi connectivity index (χ0v) is 8.74. The average Bonchev–Trinajstić information content (AvgIpc) is 2.56. The van der Waals surface area contributed by atoms with Crippen molar-refractivity contribution in [3.63, 3.8) is 0 Å². The molecule has 0 fully saturated rings. The van der Waals surface area contributed by atoms with Gasteiger partial charge in [-0.25, -0.2) is 9.18 Å². The van der Waals surface area contributed by atoms with Crippen LogP contribution in [0.1, 0.15) is 17.4 Å². The number of hydrogen-bond donors (Lipinski definition) is 1. The molecule has 5 heteroatoms. The van der Waals surface area contributed by atoms with Crippen molar-refractivity contribution in [2.24, 2.45) is 0 Å². The van der Waals surface area contributed by atoms with Crippen LogP contribution in [0.3, 0.4) is 0 Å². The molecule has 0 bridgehead atoms. The lowest BCUT2D eigenvalue weighted by Crippen LogP contribution is -2.17. The van der Waals surface area contributed by atoms with Gasteiger partial charge in [0.05, 0.1) is 12.1 Å². The third kappa shape index (κ3) is 1.60. The highest BCUT2D eigenvalue weighted by molar-refractivity contribution is 5.95. The Hall–Kier alpha value is -2.04. The molecule has 0 radical (unpaired) electrons. The lowest BCUT2D eigenvalue weighted by molar-refractivity contribution is 0.0517. The highest BCUT2D eigenvalue weighted by Gasteiger charge is 2.15. The number of ether oxygens (including phenoxy) is 1. The fourth-order valence-electron chi connectivity index (χ4n) is 1.57. The second-order valence-electron chi connectivity index (χ2n) is 3.32. The van der Waals surface area contributed by atoms with E-state index in [4.69, 9.17) is 10.6 Å². The quantitative estimate of drug-likeness (QED) is 0.621. The molecule has 1 aromatic carbocycles. The topological polar surface area (TPSA) is 57.2 Å². The van der Waals surface area contributed by atoms with E-state index in [-0.39, 0.29) is 18.1 Å². The fraction of sp³-hybridized carbons (Fsp3) is 0.182. The Labute approximate surface area is 91.4 Å². The molecular formula is C11H11FN2O2. The van der Waals surface area contributed by atoms with Crippen LogP contribution in [-0.4, -0.2) is 17.3 Å². The number of esters is 1. The first-order valence-electron chi connectivity index (χ1n) is 4.86. The molecule has 84 valence electrons. The molecule has 0 unspecified atom stereocenters. The van der Waals surface area contributed by atoms with Crippen LogP contribution < -0.4 is 5.84 Å². The number of halogens is 1. The number of nitrogen functional groups attached to an aromatic ring is 1. The predicted molar refractivity (Wildman–Crippen MR) is 58.0 cm³/mol. The van der Waals surface area contributed by atoms with Crippen LogP contribution in [0.2, 0.25) is 0 Å². The Kier molecular flexibility index (Phi) is 2.52. The molecule has 2 N–H and O–H groups in total. The molecule has 0 atom stereocenters. The van der Waals surface area contributed by atoms with Gasteiger partial charge in [-0.2, -0.15) is 0 Å². The van der Waals surface area contributed by atoms with Gasteiger partial charge in [0.2, 0.25) is 0 Å². The van der Waals surface area contributed by atoms with Crippen molar-refractivity contribution in [1.82, 2.24) is 4.68 Å². The molecule has 0 aliphatic rings. The van der Waals surface area contributed by atoms with Gasteiger partial charge in [-0.05, 0) is 31.2 Å². The van der Waals surface area contributed by atoms with Gasteiger partial charge < -0.3 is 10.6 Å². The first-order chi connectivity index (χ1) is 7.63. The summed E-state index contributed by atoms with van der Waals surface area (Å²) in [5.41, 5.74) is 0.798. The van der Waals surface area contributed by atoms with E-state index in [0.29, 0.717) is 10.9 Å². The van der Waals surface area contributed by atoms with Crippen LogP contribution in [-0.2, 0) is 4.74 Å². The number of aromatic nitrogens is 1. The van der Waals surface area contributed by atoms with E-state index in [2.05, 4.69) is 0 Å². The number of carbonyl (C=O) groups excluding carboxylic acids is 1. The molecular weight excluding hydrogens is 211 g/mol. The van der Waals surface area contributed by atoms with E-state index >= 15 is 0 Å². The van der Waals surface area contributed by atoms with E-state index in [9.17, 15) is 9.18 Å². The molecule has 2 aromatic rings. The molecule has 16 heavy (non-hydrogen) atoms. The second kappa shape index (κ2) is 3.84. The monoisotopic (exact) mass is 222 g/mol. The van der Waals surface area contributed by atoms with Crippen LogP contribution in [0.25, 0.3) is 10.9 Å². The summed E-state index contributed by atoms with van der Waals surface area (Å²) in [5, 5.41) is 0.575. The second-order valence-corrected chi connectivity index (χ2v) is 3.32. The maximum Gasteiger partial charge on any atom is 0.356 e. The minimum absolute atomic E-state index is 0.211.